The molecule has 156 valence electrons. The molecule has 0 saturated heterocycles. The minimum Gasteiger partial charge on any atom is -0.493 e. The van der Waals surface area contributed by atoms with Crippen molar-refractivity contribution >= 4 is 11.8 Å². The lowest BCUT2D eigenvalue weighted by Crippen LogP contribution is -2.48. The number of hydrogen-bond donors (Lipinski definition) is 2. The molecule has 0 fully saturated rings. The van der Waals surface area contributed by atoms with Gasteiger partial charge in [-0.3, -0.25) is 20.4 Å². The largest absolute Gasteiger partial charge is 0.493 e. The summed E-state index contributed by atoms with van der Waals surface area (Å²) in [5, 5.41) is 0. The summed E-state index contributed by atoms with van der Waals surface area (Å²) in [7, 11) is 1.52. The van der Waals surface area contributed by atoms with Gasteiger partial charge in [0.15, 0.2) is 24.2 Å². The van der Waals surface area contributed by atoms with Crippen LogP contribution in [0.2, 0.25) is 0 Å². The molecule has 0 radical (unpaired) electrons. The fourth-order valence-electron chi connectivity index (χ4n) is 2.61. The summed E-state index contributed by atoms with van der Waals surface area (Å²) >= 11 is 0. The summed E-state index contributed by atoms with van der Waals surface area (Å²) in [6, 6.07) is 14.6. The van der Waals surface area contributed by atoms with E-state index in [1.54, 1.807) is 31.2 Å². The third-order valence-electron chi connectivity index (χ3n) is 4.49. The molecule has 7 heteroatoms. The number of carbonyl (C=O) groups is 2. The Bertz CT molecular complexity index is 824. The third-order valence-corrected chi connectivity index (χ3v) is 4.49. The summed E-state index contributed by atoms with van der Waals surface area (Å²) < 4.78 is 16.4. The number of methoxy groups -OCH3 is 1. The van der Waals surface area contributed by atoms with E-state index in [1.165, 1.54) is 7.11 Å². The molecule has 2 atom stereocenters. The van der Waals surface area contributed by atoms with Gasteiger partial charge >= 0.3 is 0 Å². The molecular weight excluding hydrogens is 372 g/mol. The van der Waals surface area contributed by atoms with Gasteiger partial charge in [0.2, 0.25) is 0 Å². The highest BCUT2D eigenvalue weighted by molar-refractivity contribution is 5.85. The van der Waals surface area contributed by atoms with Gasteiger partial charge in [-0.2, -0.15) is 0 Å². The molecule has 7 nitrogen and oxygen atoms in total. The van der Waals surface area contributed by atoms with E-state index in [1.807, 2.05) is 24.3 Å². The fourth-order valence-corrected chi connectivity index (χ4v) is 2.61. The van der Waals surface area contributed by atoms with Crippen molar-refractivity contribution in [2.75, 3.05) is 13.7 Å². The van der Waals surface area contributed by atoms with Crippen LogP contribution in [-0.4, -0.2) is 31.6 Å². The third kappa shape index (κ3) is 6.41. The van der Waals surface area contributed by atoms with E-state index >= 15 is 0 Å². The lowest BCUT2D eigenvalue weighted by Gasteiger charge is -2.19. The van der Waals surface area contributed by atoms with Crippen LogP contribution in [0, 0.1) is 0 Å². The first-order chi connectivity index (χ1) is 14.0. The molecule has 0 aromatic heterocycles. The predicted molar refractivity (Wildman–Crippen MR) is 110 cm³/mol. The van der Waals surface area contributed by atoms with Gasteiger partial charge in [0.05, 0.1) is 7.11 Å². The van der Waals surface area contributed by atoms with Crippen LogP contribution in [0.5, 0.6) is 17.2 Å². The van der Waals surface area contributed by atoms with Crippen LogP contribution in [0.4, 0.5) is 0 Å². The Balaban J connectivity index is 1.83. The average molecular weight is 400 g/mol. The predicted octanol–water partition coefficient (Wildman–Crippen LogP) is 3.20. The van der Waals surface area contributed by atoms with Crippen LogP contribution in [0.3, 0.4) is 0 Å². The average Bonchev–Trinajstić information content (AvgIpc) is 2.75. The topological polar surface area (TPSA) is 85.9 Å². The van der Waals surface area contributed by atoms with E-state index in [9.17, 15) is 9.59 Å². The summed E-state index contributed by atoms with van der Waals surface area (Å²) in [4.78, 5) is 24.2. The number of rotatable bonds is 9. The molecule has 0 saturated carbocycles. The lowest BCUT2D eigenvalue weighted by atomic mass is 9.98. The van der Waals surface area contributed by atoms with Gasteiger partial charge in [-0.05, 0) is 43.0 Å². The van der Waals surface area contributed by atoms with Crippen LogP contribution in [0.25, 0.3) is 0 Å². The summed E-state index contributed by atoms with van der Waals surface area (Å²) in [5.74, 6) is 0.968. The number of benzene rings is 2. The van der Waals surface area contributed by atoms with Gasteiger partial charge < -0.3 is 14.2 Å². The second-order valence-electron chi connectivity index (χ2n) is 6.58. The molecule has 29 heavy (non-hydrogen) atoms. The number of nitrogens with one attached hydrogen (secondary N) is 2. The summed E-state index contributed by atoms with van der Waals surface area (Å²) in [5.41, 5.74) is 5.72. The first-order valence-corrected chi connectivity index (χ1v) is 9.56. The van der Waals surface area contributed by atoms with Crippen molar-refractivity contribution in [1.29, 1.82) is 0 Å². The molecular formula is C22H28N2O5. The van der Waals surface area contributed by atoms with Crippen molar-refractivity contribution in [2.45, 2.75) is 39.2 Å². The van der Waals surface area contributed by atoms with Crippen molar-refractivity contribution in [3.63, 3.8) is 0 Å². The van der Waals surface area contributed by atoms with Crippen LogP contribution >= 0.6 is 0 Å². The van der Waals surface area contributed by atoms with Crippen molar-refractivity contribution in [3.8, 4) is 17.2 Å². The fraction of sp³-hybridized carbons (Fsp3) is 0.364. The highest BCUT2D eigenvalue weighted by Gasteiger charge is 2.18. The number of carbonyl (C=O) groups excluding carboxylic acids is 2. The second kappa shape index (κ2) is 10.9. The Labute approximate surface area is 171 Å². The van der Waals surface area contributed by atoms with Crippen LogP contribution in [-0.2, 0) is 9.59 Å². The van der Waals surface area contributed by atoms with E-state index in [0.717, 1.165) is 12.0 Å². The zero-order valence-electron chi connectivity index (χ0n) is 17.2. The Morgan fingerprint density at radius 1 is 0.931 bits per heavy atom. The minimum absolute atomic E-state index is 0.271. The van der Waals surface area contributed by atoms with Gasteiger partial charge in [-0.25, -0.2) is 0 Å². The molecule has 2 rings (SSSR count). The number of para-hydroxylation sites is 3. The Hall–Kier alpha value is -3.22. The monoisotopic (exact) mass is 400 g/mol. The lowest BCUT2D eigenvalue weighted by molar-refractivity contribution is -0.133. The second-order valence-corrected chi connectivity index (χ2v) is 6.58. The van der Waals surface area contributed by atoms with Gasteiger partial charge in [0, 0.05) is 0 Å². The van der Waals surface area contributed by atoms with E-state index in [-0.39, 0.29) is 6.61 Å². The number of hydrogen-bond acceptors (Lipinski definition) is 5. The maximum absolute atomic E-state index is 12.3. The summed E-state index contributed by atoms with van der Waals surface area (Å²) in [6.45, 7) is 5.56. The van der Waals surface area contributed by atoms with Gasteiger partial charge in [-0.15, -0.1) is 0 Å². The first-order valence-electron chi connectivity index (χ1n) is 9.56. The number of ether oxygens (including phenoxy) is 3. The highest BCUT2D eigenvalue weighted by atomic mass is 16.5. The van der Waals surface area contributed by atoms with Gasteiger partial charge in [0.1, 0.15) is 5.75 Å². The van der Waals surface area contributed by atoms with Crippen molar-refractivity contribution in [3.05, 3.63) is 54.1 Å². The standard InChI is InChI=1S/C22H28N2O5/c1-5-15(2)17-10-6-7-11-18(17)29-16(3)22(26)24-23-21(25)14-28-20-13-9-8-12-19(20)27-4/h6-13,15-16H,5,14H2,1-4H3,(H,23,25)(H,24,26). The summed E-state index contributed by atoms with van der Waals surface area (Å²) in [6.07, 6.45) is 0.180. The minimum atomic E-state index is -0.782. The Morgan fingerprint density at radius 2 is 1.55 bits per heavy atom. The maximum atomic E-state index is 12.3. The Kier molecular flexibility index (Phi) is 8.33. The molecule has 0 aliphatic heterocycles. The first kappa shape index (κ1) is 22.1. The molecule has 0 heterocycles. The maximum Gasteiger partial charge on any atom is 0.279 e. The normalized spacial score (nSPS) is 12.4. The number of hydrazine groups is 1. The van der Waals surface area contributed by atoms with Crippen molar-refractivity contribution in [2.24, 2.45) is 0 Å². The van der Waals surface area contributed by atoms with Gasteiger partial charge in [-0.1, -0.05) is 44.2 Å². The molecule has 2 unspecified atom stereocenters. The smallest absolute Gasteiger partial charge is 0.279 e. The van der Waals surface area contributed by atoms with Crippen LogP contribution in [0.15, 0.2) is 48.5 Å². The van der Waals surface area contributed by atoms with E-state index in [0.29, 0.717) is 23.2 Å². The van der Waals surface area contributed by atoms with E-state index in [2.05, 4.69) is 24.7 Å². The molecule has 0 spiro atoms. The highest BCUT2D eigenvalue weighted by Crippen LogP contribution is 2.29. The van der Waals surface area contributed by atoms with Crippen molar-refractivity contribution < 1.29 is 23.8 Å². The number of amides is 2. The van der Waals surface area contributed by atoms with E-state index in [4.69, 9.17) is 14.2 Å². The zero-order valence-corrected chi connectivity index (χ0v) is 17.2. The molecule has 0 aliphatic carbocycles. The quantitative estimate of drug-likeness (QED) is 0.632. The van der Waals surface area contributed by atoms with Gasteiger partial charge in [0.25, 0.3) is 11.8 Å². The molecule has 2 N–H and O–H groups in total. The molecule has 0 bridgehead atoms. The molecule has 2 aromatic rings. The van der Waals surface area contributed by atoms with E-state index < -0.39 is 17.9 Å². The Morgan fingerprint density at radius 3 is 2.21 bits per heavy atom. The zero-order chi connectivity index (χ0) is 21.2. The molecule has 0 aliphatic rings. The van der Waals surface area contributed by atoms with Crippen LogP contribution in [0.1, 0.15) is 38.7 Å². The van der Waals surface area contributed by atoms with Crippen molar-refractivity contribution in [1.82, 2.24) is 10.9 Å². The molecule has 2 aromatic carbocycles. The SMILES string of the molecule is CCC(C)c1ccccc1OC(C)C(=O)NNC(=O)COc1ccccc1OC. The van der Waals surface area contributed by atoms with Crippen LogP contribution < -0.4 is 25.1 Å². The molecule has 2 amide bonds.